The molecule has 1 aromatic rings. The molecule has 1 amide bonds. The minimum Gasteiger partial charge on any atom is -0.450 e. The molecule has 1 aromatic heterocycles. The topological polar surface area (TPSA) is 103 Å². The van der Waals surface area contributed by atoms with Crippen LogP contribution in [-0.4, -0.2) is 30.7 Å². The van der Waals surface area contributed by atoms with Gasteiger partial charge in [0.15, 0.2) is 0 Å². The standard InChI is InChI=1S/C18H16N4O2S/c1-2-24-18(23)22-6-5-11-12(8-19)17(21)13(9-20)16(14(11)10-22)15-4-3-7-25-15/h3-5,7,14H,2,6,10,21H2,1H3/t14-/m0/s1. The molecule has 0 spiro atoms. The Morgan fingerprint density at radius 3 is 2.80 bits per heavy atom. The van der Waals surface area contributed by atoms with E-state index in [-0.39, 0.29) is 11.6 Å². The largest absolute Gasteiger partial charge is 0.450 e. The summed E-state index contributed by atoms with van der Waals surface area (Å²) in [6.45, 7) is 2.75. The first-order valence-corrected chi connectivity index (χ1v) is 8.70. The number of carbonyl (C=O) groups excluding carboxylic acids is 1. The number of allylic oxidation sites excluding steroid dienone is 2. The Kier molecular flexibility index (Phi) is 4.60. The summed E-state index contributed by atoms with van der Waals surface area (Å²) in [6, 6.07) is 8.09. The fourth-order valence-corrected chi connectivity index (χ4v) is 4.03. The average molecular weight is 352 g/mol. The van der Waals surface area contributed by atoms with Gasteiger partial charge in [0, 0.05) is 23.9 Å². The smallest absolute Gasteiger partial charge is 0.410 e. The third-order valence-corrected chi connectivity index (χ3v) is 5.19. The van der Waals surface area contributed by atoms with Crippen LogP contribution in [0.5, 0.6) is 0 Å². The number of nitrogens with two attached hydrogens (primary N) is 1. The van der Waals surface area contributed by atoms with Crippen molar-refractivity contribution in [1.82, 2.24) is 4.90 Å². The quantitative estimate of drug-likeness (QED) is 0.881. The predicted molar refractivity (Wildman–Crippen MR) is 93.8 cm³/mol. The van der Waals surface area contributed by atoms with E-state index < -0.39 is 6.09 Å². The average Bonchev–Trinajstić information content (AvgIpc) is 3.14. The van der Waals surface area contributed by atoms with Gasteiger partial charge in [-0.05, 0) is 29.5 Å². The molecule has 7 heteroatoms. The summed E-state index contributed by atoms with van der Waals surface area (Å²) in [5.74, 6) is -0.270. The molecule has 0 saturated carbocycles. The molecule has 0 aromatic carbocycles. The lowest BCUT2D eigenvalue weighted by molar-refractivity contribution is 0.107. The van der Waals surface area contributed by atoms with Gasteiger partial charge in [-0.1, -0.05) is 12.1 Å². The first-order valence-electron chi connectivity index (χ1n) is 7.82. The highest BCUT2D eigenvalue weighted by molar-refractivity contribution is 7.11. The van der Waals surface area contributed by atoms with Gasteiger partial charge in [0.05, 0.1) is 23.5 Å². The van der Waals surface area contributed by atoms with Crippen LogP contribution in [0.15, 0.2) is 46.0 Å². The van der Waals surface area contributed by atoms with E-state index >= 15 is 0 Å². The van der Waals surface area contributed by atoms with Gasteiger partial charge in [0.25, 0.3) is 0 Å². The molecule has 2 heterocycles. The monoisotopic (exact) mass is 352 g/mol. The van der Waals surface area contributed by atoms with Crippen molar-refractivity contribution < 1.29 is 9.53 Å². The van der Waals surface area contributed by atoms with Crippen LogP contribution >= 0.6 is 11.3 Å². The summed E-state index contributed by atoms with van der Waals surface area (Å²) in [7, 11) is 0. The summed E-state index contributed by atoms with van der Waals surface area (Å²) < 4.78 is 5.09. The Labute approximate surface area is 149 Å². The van der Waals surface area contributed by atoms with Gasteiger partial charge in [-0.3, -0.25) is 0 Å². The fraction of sp³-hybridized carbons (Fsp3) is 0.278. The molecule has 0 radical (unpaired) electrons. The van der Waals surface area contributed by atoms with Crippen molar-refractivity contribution in [3.8, 4) is 12.1 Å². The Bertz CT molecular complexity index is 881. The second-order valence-electron chi connectivity index (χ2n) is 5.59. The lowest BCUT2D eigenvalue weighted by Crippen LogP contribution is -2.41. The summed E-state index contributed by atoms with van der Waals surface area (Å²) >= 11 is 1.50. The van der Waals surface area contributed by atoms with Crippen molar-refractivity contribution in [2.45, 2.75) is 6.92 Å². The zero-order valence-corrected chi connectivity index (χ0v) is 14.5. The number of ether oxygens (including phenoxy) is 1. The van der Waals surface area contributed by atoms with Crippen LogP contribution in [0.2, 0.25) is 0 Å². The molecule has 126 valence electrons. The minimum absolute atomic E-state index is 0.209. The lowest BCUT2D eigenvalue weighted by Gasteiger charge is -2.36. The van der Waals surface area contributed by atoms with Crippen molar-refractivity contribution in [2.24, 2.45) is 11.7 Å². The zero-order valence-electron chi connectivity index (χ0n) is 13.7. The molecular weight excluding hydrogens is 336 g/mol. The van der Waals surface area contributed by atoms with Crippen LogP contribution < -0.4 is 5.73 Å². The molecule has 3 rings (SSSR count). The summed E-state index contributed by atoms with van der Waals surface area (Å²) in [5, 5.41) is 21.1. The van der Waals surface area contributed by atoms with E-state index in [1.54, 1.807) is 11.8 Å². The van der Waals surface area contributed by atoms with E-state index in [9.17, 15) is 15.3 Å². The van der Waals surface area contributed by atoms with Crippen LogP contribution in [0.1, 0.15) is 11.8 Å². The van der Waals surface area contributed by atoms with Crippen LogP contribution in [-0.2, 0) is 4.74 Å². The van der Waals surface area contributed by atoms with Crippen molar-refractivity contribution in [2.75, 3.05) is 19.7 Å². The molecule has 1 aliphatic carbocycles. The molecule has 0 unspecified atom stereocenters. The van der Waals surface area contributed by atoms with E-state index in [2.05, 4.69) is 12.1 Å². The van der Waals surface area contributed by atoms with Gasteiger partial charge in [-0.25, -0.2) is 4.79 Å². The molecule has 1 aliphatic heterocycles. The van der Waals surface area contributed by atoms with Crippen LogP contribution in [0, 0.1) is 28.6 Å². The van der Waals surface area contributed by atoms with Crippen molar-refractivity contribution in [3.05, 3.63) is 50.9 Å². The minimum atomic E-state index is -0.400. The van der Waals surface area contributed by atoms with Crippen LogP contribution in [0.25, 0.3) is 5.57 Å². The molecule has 6 nitrogen and oxygen atoms in total. The lowest BCUT2D eigenvalue weighted by atomic mass is 9.75. The van der Waals surface area contributed by atoms with E-state index in [4.69, 9.17) is 10.5 Å². The van der Waals surface area contributed by atoms with E-state index in [0.717, 1.165) is 16.0 Å². The Morgan fingerprint density at radius 1 is 1.44 bits per heavy atom. The van der Waals surface area contributed by atoms with Gasteiger partial charge < -0.3 is 15.4 Å². The fourth-order valence-electron chi connectivity index (χ4n) is 3.20. The number of carbonyl (C=O) groups is 1. The Morgan fingerprint density at radius 2 is 2.20 bits per heavy atom. The number of rotatable bonds is 2. The second kappa shape index (κ2) is 6.84. The van der Waals surface area contributed by atoms with E-state index in [1.165, 1.54) is 11.3 Å². The first kappa shape index (κ1) is 16.8. The van der Waals surface area contributed by atoms with Gasteiger partial charge in [-0.15, -0.1) is 11.3 Å². The molecule has 2 N–H and O–H groups in total. The van der Waals surface area contributed by atoms with Crippen molar-refractivity contribution >= 4 is 23.0 Å². The van der Waals surface area contributed by atoms with Gasteiger partial charge in [0.1, 0.15) is 12.1 Å². The van der Waals surface area contributed by atoms with Crippen molar-refractivity contribution in [1.29, 1.82) is 10.5 Å². The maximum Gasteiger partial charge on any atom is 0.410 e. The number of fused-ring (bicyclic) bond motifs is 1. The van der Waals surface area contributed by atoms with Gasteiger partial charge in [-0.2, -0.15) is 10.5 Å². The van der Waals surface area contributed by atoms with E-state index in [0.29, 0.717) is 30.8 Å². The number of thiophene rings is 1. The van der Waals surface area contributed by atoms with Crippen LogP contribution in [0.4, 0.5) is 4.79 Å². The highest BCUT2D eigenvalue weighted by Gasteiger charge is 2.38. The number of hydrogen-bond acceptors (Lipinski definition) is 6. The molecule has 1 atom stereocenters. The molecule has 0 bridgehead atoms. The number of nitriles is 2. The predicted octanol–water partition coefficient (Wildman–Crippen LogP) is 2.79. The number of amides is 1. The third kappa shape index (κ3) is 2.79. The first-order chi connectivity index (χ1) is 12.1. The highest BCUT2D eigenvalue weighted by Crippen LogP contribution is 2.44. The summed E-state index contributed by atoms with van der Waals surface area (Å²) in [6.07, 6.45) is 1.43. The SMILES string of the molecule is CCOC(=O)N1CC=C2C(C#N)=C(N)C(C#N)=C(c3cccs3)[C@H]2C1. The number of hydrogen-bond donors (Lipinski definition) is 1. The summed E-state index contributed by atoms with van der Waals surface area (Å²) in [5.41, 5.74) is 8.52. The van der Waals surface area contributed by atoms with Crippen molar-refractivity contribution in [3.63, 3.8) is 0 Å². The molecular formula is C18H16N4O2S. The molecule has 25 heavy (non-hydrogen) atoms. The van der Waals surface area contributed by atoms with E-state index in [1.807, 2.05) is 23.6 Å². The maximum absolute atomic E-state index is 12.1. The van der Waals surface area contributed by atoms with Gasteiger partial charge in [0.2, 0.25) is 0 Å². The summed E-state index contributed by atoms with van der Waals surface area (Å²) in [4.78, 5) is 14.6. The highest BCUT2D eigenvalue weighted by atomic mass is 32.1. The number of nitrogens with zero attached hydrogens (tertiary/aromatic N) is 3. The molecule has 0 fully saturated rings. The normalized spacial score (nSPS) is 19.7. The maximum atomic E-state index is 12.1. The van der Waals surface area contributed by atoms with Gasteiger partial charge >= 0.3 is 6.09 Å². The zero-order chi connectivity index (χ0) is 18.0. The Balaban J connectivity index is 2.14. The third-order valence-electron chi connectivity index (χ3n) is 4.29. The Hall–Kier alpha value is -3.03. The van der Waals surface area contributed by atoms with Crippen LogP contribution in [0.3, 0.4) is 0 Å². The molecule has 0 saturated heterocycles. The second-order valence-corrected chi connectivity index (χ2v) is 6.54. The molecule has 2 aliphatic rings.